The second-order valence-corrected chi connectivity index (χ2v) is 15.2. The maximum absolute atomic E-state index is 14.0. The molecule has 2 atom stereocenters. The van der Waals surface area contributed by atoms with Gasteiger partial charge in [-0.25, -0.2) is 0 Å². The summed E-state index contributed by atoms with van der Waals surface area (Å²) >= 11 is 0. The summed E-state index contributed by atoms with van der Waals surface area (Å²) in [7, 11) is 0. The molecule has 0 saturated carbocycles. The number of rotatable bonds is 12. The highest BCUT2D eigenvalue weighted by Gasteiger charge is 2.38. The zero-order valence-electron chi connectivity index (χ0n) is 33.6. The van der Waals surface area contributed by atoms with E-state index in [1.165, 1.54) is 18.5 Å². The SMILES string of the molecule is O=C(N[C@@H](Cc1ccccc1)C(=O)NN1C(=O)c2cccc3cccc(c23)C1=O)c1cncc(C(=O)N[C@@H](Cc2ccccc2)C(=O)NN2C(=O)c3cccc4cccc(c34)C2=O)c1. The second-order valence-electron chi connectivity index (χ2n) is 15.2. The van der Waals surface area contributed by atoms with Crippen LogP contribution in [0.5, 0.6) is 0 Å². The Morgan fingerprint density at radius 2 is 0.797 bits per heavy atom. The lowest BCUT2D eigenvalue weighted by Crippen LogP contribution is -2.57. The molecule has 2 aliphatic rings. The molecule has 0 unspecified atom stereocenters. The van der Waals surface area contributed by atoms with E-state index in [9.17, 15) is 38.4 Å². The van der Waals surface area contributed by atoms with Crippen LogP contribution in [0.25, 0.3) is 21.5 Å². The minimum atomic E-state index is -1.33. The Hall–Kier alpha value is -8.85. The second kappa shape index (κ2) is 16.9. The number of imide groups is 2. The largest absolute Gasteiger partial charge is 0.340 e. The van der Waals surface area contributed by atoms with Gasteiger partial charge in [0.25, 0.3) is 47.3 Å². The lowest BCUT2D eigenvalue weighted by Gasteiger charge is -2.29. The molecule has 0 bridgehead atoms. The smallest absolute Gasteiger partial charge is 0.280 e. The first-order valence-corrected chi connectivity index (χ1v) is 20.1. The van der Waals surface area contributed by atoms with Gasteiger partial charge in [-0.2, -0.15) is 10.0 Å². The Balaban J connectivity index is 0.934. The number of hydrogen-bond donors (Lipinski definition) is 4. The average Bonchev–Trinajstić information content (AvgIpc) is 3.32. The highest BCUT2D eigenvalue weighted by Crippen LogP contribution is 2.31. The van der Waals surface area contributed by atoms with Gasteiger partial charge < -0.3 is 10.6 Å². The molecule has 4 N–H and O–H groups in total. The van der Waals surface area contributed by atoms with E-state index < -0.39 is 59.3 Å². The molecule has 3 heterocycles. The summed E-state index contributed by atoms with van der Waals surface area (Å²) < 4.78 is 0. The van der Waals surface area contributed by atoms with Crippen LogP contribution in [-0.4, -0.2) is 74.3 Å². The lowest BCUT2D eigenvalue weighted by atomic mass is 9.95. The minimum absolute atomic E-state index is 0.0482. The summed E-state index contributed by atoms with van der Waals surface area (Å²) in [4.78, 5) is 114. The van der Waals surface area contributed by atoms with Gasteiger partial charge in [0.15, 0.2) is 0 Å². The Labute approximate surface area is 364 Å². The summed E-state index contributed by atoms with van der Waals surface area (Å²) in [6.07, 6.45) is 2.26. The molecule has 0 radical (unpaired) electrons. The number of carbonyl (C=O) groups excluding carboxylic acids is 8. The molecular formula is C49H35N7O8. The fraction of sp³-hybridized carbons (Fsp3) is 0.0816. The van der Waals surface area contributed by atoms with Crippen molar-refractivity contribution in [2.45, 2.75) is 24.9 Å². The molecule has 1 aromatic heterocycles. The van der Waals surface area contributed by atoms with Crippen molar-refractivity contribution in [1.29, 1.82) is 0 Å². The molecule has 314 valence electrons. The molecule has 0 aliphatic carbocycles. The molecule has 9 rings (SSSR count). The van der Waals surface area contributed by atoms with Crippen LogP contribution >= 0.6 is 0 Å². The van der Waals surface area contributed by atoms with Gasteiger partial charge in [0.05, 0.1) is 33.4 Å². The number of nitrogens with one attached hydrogen (secondary N) is 4. The number of aromatic nitrogens is 1. The van der Waals surface area contributed by atoms with E-state index in [1.807, 2.05) is 0 Å². The van der Waals surface area contributed by atoms with Crippen molar-refractivity contribution in [3.8, 4) is 0 Å². The maximum Gasteiger partial charge on any atom is 0.280 e. The van der Waals surface area contributed by atoms with E-state index in [1.54, 1.807) is 133 Å². The summed E-state index contributed by atoms with van der Waals surface area (Å²) in [5.41, 5.74) is 6.76. The van der Waals surface area contributed by atoms with Crippen molar-refractivity contribution in [2.24, 2.45) is 0 Å². The van der Waals surface area contributed by atoms with Crippen LogP contribution in [0.4, 0.5) is 0 Å². The van der Waals surface area contributed by atoms with E-state index in [4.69, 9.17) is 0 Å². The van der Waals surface area contributed by atoms with Gasteiger partial charge in [0.2, 0.25) is 0 Å². The third kappa shape index (κ3) is 7.68. The number of benzene rings is 6. The molecule has 0 saturated heterocycles. The number of pyridine rings is 1. The summed E-state index contributed by atoms with van der Waals surface area (Å²) in [5.74, 6) is -6.35. The maximum atomic E-state index is 14.0. The topological polar surface area (TPSA) is 204 Å². The molecular weight excluding hydrogens is 815 g/mol. The highest BCUT2D eigenvalue weighted by atomic mass is 16.2. The molecule has 8 amide bonds. The van der Waals surface area contributed by atoms with Gasteiger partial charge in [-0.05, 0) is 52.2 Å². The summed E-state index contributed by atoms with van der Waals surface area (Å²) in [5, 5.41) is 8.90. The van der Waals surface area contributed by atoms with Gasteiger partial charge in [0.1, 0.15) is 12.1 Å². The van der Waals surface area contributed by atoms with Crippen LogP contribution < -0.4 is 21.5 Å². The quantitative estimate of drug-likeness (QED) is 0.125. The van der Waals surface area contributed by atoms with E-state index in [-0.39, 0.29) is 46.2 Å². The lowest BCUT2D eigenvalue weighted by molar-refractivity contribution is -0.126. The van der Waals surface area contributed by atoms with Crippen molar-refractivity contribution >= 4 is 68.8 Å². The van der Waals surface area contributed by atoms with Crippen LogP contribution in [0.2, 0.25) is 0 Å². The van der Waals surface area contributed by atoms with E-state index >= 15 is 0 Å². The van der Waals surface area contributed by atoms with Crippen LogP contribution in [0.3, 0.4) is 0 Å². The molecule has 15 heteroatoms. The molecule has 0 spiro atoms. The normalized spacial score (nSPS) is 13.9. The van der Waals surface area contributed by atoms with Crippen LogP contribution in [-0.2, 0) is 22.4 Å². The fourth-order valence-electron chi connectivity index (χ4n) is 7.93. The summed E-state index contributed by atoms with van der Waals surface area (Å²) in [6, 6.07) is 36.1. The number of hydrogen-bond acceptors (Lipinski definition) is 9. The number of hydrazine groups is 2. The van der Waals surface area contributed by atoms with E-state index in [0.29, 0.717) is 42.7 Å². The van der Waals surface area contributed by atoms with Crippen molar-refractivity contribution in [3.63, 3.8) is 0 Å². The third-order valence-corrected chi connectivity index (χ3v) is 11.1. The Morgan fingerprint density at radius 1 is 0.453 bits per heavy atom. The zero-order valence-corrected chi connectivity index (χ0v) is 33.6. The number of carbonyl (C=O) groups is 8. The predicted molar refractivity (Wildman–Crippen MR) is 232 cm³/mol. The van der Waals surface area contributed by atoms with Gasteiger partial charge in [0, 0.05) is 36.0 Å². The first-order chi connectivity index (χ1) is 31.0. The number of amides is 8. The average molecular weight is 850 g/mol. The van der Waals surface area contributed by atoms with E-state index in [0.717, 1.165) is 0 Å². The van der Waals surface area contributed by atoms with Gasteiger partial charge in [-0.1, -0.05) is 109 Å². The van der Waals surface area contributed by atoms with Gasteiger partial charge in [-0.3, -0.25) is 54.2 Å². The van der Waals surface area contributed by atoms with Crippen molar-refractivity contribution in [1.82, 2.24) is 36.5 Å². The molecule has 7 aromatic rings. The minimum Gasteiger partial charge on any atom is -0.340 e. The molecule has 15 nitrogen and oxygen atoms in total. The first-order valence-electron chi connectivity index (χ1n) is 20.1. The van der Waals surface area contributed by atoms with Crippen LogP contribution in [0.15, 0.2) is 152 Å². The predicted octanol–water partition coefficient (Wildman–Crippen LogP) is 4.73. The zero-order chi connectivity index (χ0) is 44.5. The first kappa shape index (κ1) is 40.6. The molecule has 6 aromatic carbocycles. The standard InChI is InChI=1S/C49H35N7O8/c57-42(51-38(23-28-11-3-1-4-12-28)44(59)53-55-46(61)34-19-7-15-30-16-8-20-35(40(30)34)47(55)62)32-25-33(27-50-26-32)43(58)52-39(24-29-13-5-2-6-14-29)45(60)54-56-48(63)36-21-9-17-31-18-10-22-37(41(31)36)49(56)64/h1-22,25-27,38-39H,23-24H2,(H,51,57)(H,52,58)(H,53,59)(H,54,60)/t38-,39-/m0/s1. The Kier molecular flexibility index (Phi) is 10.7. The van der Waals surface area contributed by atoms with Crippen LogP contribution in [0, 0.1) is 0 Å². The highest BCUT2D eigenvalue weighted by molar-refractivity contribution is 6.27. The summed E-state index contributed by atoms with van der Waals surface area (Å²) in [6.45, 7) is 0. The van der Waals surface area contributed by atoms with Gasteiger partial charge >= 0.3 is 0 Å². The number of nitrogens with zero attached hydrogens (tertiary/aromatic N) is 3. The van der Waals surface area contributed by atoms with Crippen molar-refractivity contribution < 1.29 is 38.4 Å². The monoisotopic (exact) mass is 849 g/mol. The van der Waals surface area contributed by atoms with Gasteiger partial charge in [-0.15, -0.1) is 0 Å². The molecule has 64 heavy (non-hydrogen) atoms. The van der Waals surface area contributed by atoms with E-state index in [2.05, 4.69) is 26.5 Å². The van der Waals surface area contributed by atoms with Crippen molar-refractivity contribution in [2.75, 3.05) is 0 Å². The molecule has 2 aliphatic heterocycles. The fourth-order valence-corrected chi connectivity index (χ4v) is 7.93. The van der Waals surface area contributed by atoms with Crippen molar-refractivity contribution in [3.05, 3.63) is 196 Å². The Bertz CT molecular complexity index is 2800. The Morgan fingerprint density at radius 3 is 1.14 bits per heavy atom. The van der Waals surface area contributed by atoms with Crippen LogP contribution in [0.1, 0.15) is 73.3 Å². The third-order valence-electron chi connectivity index (χ3n) is 11.1. The molecule has 0 fully saturated rings.